The highest BCUT2D eigenvalue weighted by molar-refractivity contribution is 5.82. The fourth-order valence-corrected chi connectivity index (χ4v) is 2.15. The lowest BCUT2D eigenvalue weighted by atomic mass is 10.1. The minimum atomic E-state index is -1.46. The Balaban J connectivity index is 1.87. The van der Waals surface area contributed by atoms with Gasteiger partial charge in [-0.05, 0) is 29.1 Å². The van der Waals surface area contributed by atoms with Gasteiger partial charge >= 0.3 is 0 Å². The molecule has 102 valence electrons. The Morgan fingerprint density at radius 1 is 0.950 bits per heavy atom. The number of hydrogen-bond donors (Lipinski definition) is 2. The number of halogens is 3. The molecule has 0 spiro atoms. The maximum absolute atomic E-state index is 13.5. The lowest BCUT2D eigenvalue weighted by Gasteiger charge is -2.09. The summed E-state index contributed by atoms with van der Waals surface area (Å²) in [6, 6.07) is 9.72. The van der Waals surface area contributed by atoms with Gasteiger partial charge in [-0.15, -0.1) is 0 Å². The molecule has 5 heteroatoms. The predicted octanol–water partition coefficient (Wildman–Crippen LogP) is 4.20. The van der Waals surface area contributed by atoms with E-state index in [4.69, 9.17) is 0 Å². The number of aromatic amines is 1. The second kappa shape index (κ2) is 4.92. The van der Waals surface area contributed by atoms with E-state index in [1.807, 2.05) is 30.5 Å². The van der Waals surface area contributed by atoms with Crippen molar-refractivity contribution in [1.29, 1.82) is 0 Å². The van der Waals surface area contributed by atoms with Crippen LogP contribution >= 0.6 is 0 Å². The maximum atomic E-state index is 13.5. The molecule has 0 atom stereocenters. The average molecular weight is 276 g/mol. The zero-order valence-electron chi connectivity index (χ0n) is 10.4. The second-order valence-corrected chi connectivity index (χ2v) is 4.44. The second-order valence-electron chi connectivity index (χ2n) is 4.44. The van der Waals surface area contributed by atoms with Gasteiger partial charge in [-0.3, -0.25) is 0 Å². The van der Waals surface area contributed by atoms with E-state index in [9.17, 15) is 13.2 Å². The van der Waals surface area contributed by atoms with Crippen LogP contribution in [-0.2, 0) is 6.54 Å². The minimum absolute atomic E-state index is 0.0625. The number of benzene rings is 2. The lowest BCUT2D eigenvalue weighted by molar-refractivity contribution is 0.449. The van der Waals surface area contributed by atoms with Gasteiger partial charge in [0.25, 0.3) is 0 Å². The van der Waals surface area contributed by atoms with E-state index in [1.54, 1.807) is 0 Å². The van der Waals surface area contributed by atoms with Gasteiger partial charge in [-0.25, -0.2) is 13.2 Å². The molecule has 0 amide bonds. The first-order chi connectivity index (χ1) is 9.66. The number of rotatable bonds is 3. The van der Waals surface area contributed by atoms with Crippen molar-refractivity contribution in [1.82, 2.24) is 4.98 Å². The van der Waals surface area contributed by atoms with E-state index in [1.165, 1.54) is 6.07 Å². The number of para-hydroxylation sites is 1. The SMILES string of the molecule is Fc1ccc(NCc2cccc3cc[nH]c23)c(F)c1F. The lowest BCUT2D eigenvalue weighted by Crippen LogP contribution is -2.04. The quantitative estimate of drug-likeness (QED) is 0.689. The van der Waals surface area contributed by atoms with Gasteiger partial charge in [0.1, 0.15) is 0 Å². The standard InChI is InChI=1S/C15H11F3N2/c16-11-4-5-12(14(18)13(11)17)20-8-10-3-1-2-9-6-7-19-15(9)10/h1-7,19-20H,8H2. The molecule has 0 saturated heterocycles. The van der Waals surface area contributed by atoms with Gasteiger partial charge in [0, 0.05) is 12.7 Å². The van der Waals surface area contributed by atoms with E-state index < -0.39 is 17.5 Å². The normalized spacial score (nSPS) is 10.9. The smallest absolute Gasteiger partial charge is 0.196 e. The number of aromatic nitrogens is 1. The summed E-state index contributed by atoms with van der Waals surface area (Å²) in [5.41, 5.74) is 1.78. The molecule has 0 radical (unpaired) electrons. The maximum Gasteiger partial charge on any atom is 0.196 e. The van der Waals surface area contributed by atoms with Crippen molar-refractivity contribution in [2.45, 2.75) is 6.54 Å². The molecule has 2 nitrogen and oxygen atoms in total. The Hall–Kier alpha value is -2.43. The summed E-state index contributed by atoms with van der Waals surface area (Å²) in [4.78, 5) is 3.09. The highest BCUT2D eigenvalue weighted by atomic mass is 19.2. The number of fused-ring (bicyclic) bond motifs is 1. The number of hydrogen-bond acceptors (Lipinski definition) is 1. The van der Waals surface area contributed by atoms with Gasteiger partial charge in [-0.2, -0.15) is 0 Å². The Labute approximate surface area is 113 Å². The first-order valence-corrected chi connectivity index (χ1v) is 6.09. The molecule has 2 aromatic carbocycles. The van der Waals surface area contributed by atoms with E-state index >= 15 is 0 Å². The molecule has 0 bridgehead atoms. The molecule has 3 rings (SSSR count). The van der Waals surface area contributed by atoms with Crippen LogP contribution in [0.5, 0.6) is 0 Å². The van der Waals surface area contributed by atoms with Gasteiger partial charge in [0.05, 0.1) is 11.2 Å². The molecule has 0 fully saturated rings. The van der Waals surface area contributed by atoms with Crippen molar-refractivity contribution in [3.63, 3.8) is 0 Å². The summed E-state index contributed by atoms with van der Waals surface area (Å²) < 4.78 is 39.5. The molecule has 0 aliphatic rings. The Morgan fingerprint density at radius 3 is 2.65 bits per heavy atom. The zero-order valence-corrected chi connectivity index (χ0v) is 10.4. The third-order valence-corrected chi connectivity index (χ3v) is 3.18. The van der Waals surface area contributed by atoms with E-state index in [0.717, 1.165) is 22.5 Å². The Kier molecular flexibility index (Phi) is 3.10. The summed E-state index contributed by atoms with van der Waals surface area (Å²) >= 11 is 0. The van der Waals surface area contributed by atoms with Crippen molar-refractivity contribution in [2.24, 2.45) is 0 Å². The van der Waals surface area contributed by atoms with Crippen molar-refractivity contribution in [3.05, 3.63) is 65.6 Å². The monoisotopic (exact) mass is 276 g/mol. The highest BCUT2D eigenvalue weighted by Gasteiger charge is 2.13. The summed E-state index contributed by atoms with van der Waals surface area (Å²) in [5.74, 6) is -3.86. The molecule has 1 heterocycles. The summed E-state index contributed by atoms with van der Waals surface area (Å²) in [6.07, 6.45) is 1.81. The third kappa shape index (κ3) is 2.11. The number of H-pyrrole nitrogens is 1. The summed E-state index contributed by atoms with van der Waals surface area (Å²) in [7, 11) is 0. The first-order valence-electron chi connectivity index (χ1n) is 6.09. The van der Waals surface area contributed by atoms with Crippen LogP contribution in [0, 0.1) is 17.5 Å². The first kappa shape index (κ1) is 12.6. The van der Waals surface area contributed by atoms with Crippen LogP contribution in [0.1, 0.15) is 5.56 Å². The average Bonchev–Trinajstić information content (AvgIpc) is 2.93. The van der Waals surface area contributed by atoms with Crippen molar-refractivity contribution in [2.75, 3.05) is 5.32 Å². The van der Waals surface area contributed by atoms with Crippen molar-refractivity contribution >= 4 is 16.6 Å². The van der Waals surface area contributed by atoms with Crippen molar-refractivity contribution in [3.8, 4) is 0 Å². The molecule has 20 heavy (non-hydrogen) atoms. The van der Waals surface area contributed by atoms with E-state index in [0.29, 0.717) is 6.54 Å². The molecule has 2 N–H and O–H groups in total. The van der Waals surface area contributed by atoms with E-state index in [-0.39, 0.29) is 5.69 Å². The van der Waals surface area contributed by atoms with Crippen LogP contribution in [-0.4, -0.2) is 4.98 Å². The number of anilines is 1. The van der Waals surface area contributed by atoms with Crippen molar-refractivity contribution < 1.29 is 13.2 Å². The van der Waals surface area contributed by atoms with Crippen LogP contribution in [0.3, 0.4) is 0 Å². The fraction of sp³-hybridized carbons (Fsp3) is 0.0667. The van der Waals surface area contributed by atoms with Crippen LogP contribution in [0.2, 0.25) is 0 Å². The molecular weight excluding hydrogens is 265 g/mol. The molecule has 3 aromatic rings. The number of nitrogens with one attached hydrogen (secondary N) is 2. The largest absolute Gasteiger partial charge is 0.378 e. The molecule has 0 saturated carbocycles. The summed E-state index contributed by atoms with van der Waals surface area (Å²) in [5, 5.41) is 3.81. The third-order valence-electron chi connectivity index (χ3n) is 3.18. The Morgan fingerprint density at radius 2 is 1.80 bits per heavy atom. The van der Waals surface area contributed by atoms with E-state index in [2.05, 4.69) is 10.3 Å². The zero-order chi connectivity index (χ0) is 14.1. The molecule has 0 unspecified atom stereocenters. The summed E-state index contributed by atoms with van der Waals surface area (Å²) in [6.45, 7) is 0.305. The minimum Gasteiger partial charge on any atom is -0.378 e. The fourth-order valence-electron chi connectivity index (χ4n) is 2.15. The van der Waals surface area contributed by atoms with Gasteiger partial charge in [-0.1, -0.05) is 18.2 Å². The van der Waals surface area contributed by atoms with Crippen LogP contribution in [0.4, 0.5) is 18.9 Å². The van der Waals surface area contributed by atoms with Crippen LogP contribution < -0.4 is 5.32 Å². The van der Waals surface area contributed by atoms with Crippen LogP contribution in [0.15, 0.2) is 42.6 Å². The van der Waals surface area contributed by atoms with Crippen LogP contribution in [0.25, 0.3) is 10.9 Å². The predicted molar refractivity (Wildman–Crippen MR) is 71.9 cm³/mol. The molecule has 0 aliphatic heterocycles. The molecule has 0 aliphatic carbocycles. The topological polar surface area (TPSA) is 27.8 Å². The van der Waals surface area contributed by atoms with Gasteiger partial charge < -0.3 is 10.3 Å². The van der Waals surface area contributed by atoms with Gasteiger partial charge in [0.15, 0.2) is 17.5 Å². The van der Waals surface area contributed by atoms with Gasteiger partial charge in [0.2, 0.25) is 0 Å². The highest BCUT2D eigenvalue weighted by Crippen LogP contribution is 2.22. The molecular formula is C15H11F3N2. The Bertz CT molecular complexity index is 765. The molecule has 1 aromatic heterocycles.